The Labute approximate surface area is 114 Å². The smallest absolute Gasteiger partial charge is 0.314 e. The van der Waals surface area contributed by atoms with Crippen molar-refractivity contribution in [2.45, 2.75) is 37.0 Å². The minimum Gasteiger partial charge on any atom is -0.481 e. The van der Waals surface area contributed by atoms with E-state index < -0.39 is 11.4 Å². The highest BCUT2D eigenvalue weighted by atomic mass is 16.4. The van der Waals surface area contributed by atoms with Crippen LogP contribution in [-0.2, 0) is 10.2 Å². The largest absolute Gasteiger partial charge is 0.481 e. The molecule has 1 aliphatic carbocycles. The zero-order valence-corrected chi connectivity index (χ0v) is 11.4. The molecule has 1 aromatic carbocycles. The summed E-state index contributed by atoms with van der Waals surface area (Å²) < 4.78 is 0. The zero-order valence-electron chi connectivity index (χ0n) is 11.4. The topological polar surface area (TPSA) is 40.5 Å². The van der Waals surface area contributed by atoms with Crippen LogP contribution in [0.2, 0.25) is 0 Å². The summed E-state index contributed by atoms with van der Waals surface area (Å²) in [5.74, 6) is -0.0647. The molecule has 1 aromatic rings. The molecule has 0 atom stereocenters. The van der Waals surface area contributed by atoms with Crippen molar-refractivity contribution in [3.63, 3.8) is 0 Å². The number of benzene rings is 1. The number of carbonyl (C=O) groups is 1. The molecule has 1 saturated heterocycles. The van der Waals surface area contributed by atoms with E-state index in [4.69, 9.17) is 0 Å². The van der Waals surface area contributed by atoms with Crippen LogP contribution in [0.4, 0.5) is 0 Å². The molecule has 0 amide bonds. The third-order valence-electron chi connectivity index (χ3n) is 4.84. The van der Waals surface area contributed by atoms with Crippen LogP contribution in [0, 0.1) is 0 Å². The number of likely N-dealkylation sites (tertiary alicyclic amines) is 1. The SMILES string of the molecule is CN1CC(c2cccc(C3(C(=O)O)CCCC3)c2)C1. The number of hydrogen-bond donors (Lipinski definition) is 1. The van der Waals surface area contributed by atoms with Crippen molar-refractivity contribution in [1.82, 2.24) is 4.90 Å². The van der Waals surface area contributed by atoms with E-state index in [2.05, 4.69) is 24.1 Å². The van der Waals surface area contributed by atoms with Gasteiger partial charge in [-0.3, -0.25) is 4.79 Å². The molecule has 3 rings (SSSR count). The van der Waals surface area contributed by atoms with Crippen LogP contribution in [0.25, 0.3) is 0 Å². The van der Waals surface area contributed by atoms with Gasteiger partial charge in [0.2, 0.25) is 0 Å². The van der Waals surface area contributed by atoms with E-state index in [1.54, 1.807) is 0 Å². The average Bonchev–Trinajstić information content (AvgIpc) is 2.86. The molecule has 0 spiro atoms. The maximum atomic E-state index is 11.7. The minimum atomic E-state index is -0.645. The van der Waals surface area contributed by atoms with Crippen molar-refractivity contribution < 1.29 is 9.90 Å². The molecule has 1 N–H and O–H groups in total. The first-order chi connectivity index (χ1) is 9.12. The Morgan fingerprint density at radius 2 is 2.00 bits per heavy atom. The Morgan fingerprint density at radius 3 is 2.58 bits per heavy atom. The summed E-state index contributed by atoms with van der Waals surface area (Å²) in [4.78, 5) is 14.0. The van der Waals surface area contributed by atoms with Gasteiger partial charge in [0.15, 0.2) is 0 Å². The maximum absolute atomic E-state index is 11.7. The molecule has 102 valence electrons. The monoisotopic (exact) mass is 259 g/mol. The lowest BCUT2D eigenvalue weighted by molar-refractivity contribution is -0.143. The maximum Gasteiger partial charge on any atom is 0.314 e. The van der Waals surface area contributed by atoms with Gasteiger partial charge in [0.05, 0.1) is 5.41 Å². The van der Waals surface area contributed by atoms with Crippen molar-refractivity contribution in [3.8, 4) is 0 Å². The molecule has 2 fully saturated rings. The van der Waals surface area contributed by atoms with E-state index in [1.165, 1.54) is 5.56 Å². The van der Waals surface area contributed by atoms with Crippen LogP contribution in [-0.4, -0.2) is 36.1 Å². The third-order valence-corrected chi connectivity index (χ3v) is 4.84. The molecule has 0 unspecified atom stereocenters. The molecule has 0 bridgehead atoms. The van der Waals surface area contributed by atoms with E-state index >= 15 is 0 Å². The second kappa shape index (κ2) is 4.64. The van der Waals surface area contributed by atoms with Crippen LogP contribution in [0.1, 0.15) is 42.7 Å². The highest BCUT2D eigenvalue weighted by molar-refractivity contribution is 5.81. The summed E-state index contributed by atoms with van der Waals surface area (Å²) in [7, 11) is 2.12. The summed E-state index contributed by atoms with van der Waals surface area (Å²) in [5, 5.41) is 9.65. The number of carboxylic acids is 1. The van der Waals surface area contributed by atoms with Crippen LogP contribution in [0.15, 0.2) is 24.3 Å². The summed E-state index contributed by atoms with van der Waals surface area (Å²) in [6, 6.07) is 8.33. The average molecular weight is 259 g/mol. The predicted molar refractivity (Wildman–Crippen MR) is 74.5 cm³/mol. The second-order valence-electron chi connectivity index (χ2n) is 6.14. The Morgan fingerprint density at radius 1 is 1.32 bits per heavy atom. The second-order valence-corrected chi connectivity index (χ2v) is 6.14. The summed E-state index contributed by atoms with van der Waals surface area (Å²) >= 11 is 0. The van der Waals surface area contributed by atoms with Crippen LogP contribution in [0.5, 0.6) is 0 Å². The first kappa shape index (κ1) is 12.7. The highest BCUT2D eigenvalue weighted by Gasteiger charge is 2.43. The van der Waals surface area contributed by atoms with Crippen LogP contribution in [0.3, 0.4) is 0 Å². The van der Waals surface area contributed by atoms with Crippen molar-refractivity contribution in [2.75, 3.05) is 20.1 Å². The van der Waals surface area contributed by atoms with E-state index in [0.29, 0.717) is 5.92 Å². The number of hydrogen-bond acceptors (Lipinski definition) is 2. The van der Waals surface area contributed by atoms with Gasteiger partial charge in [0.1, 0.15) is 0 Å². The first-order valence-corrected chi connectivity index (χ1v) is 7.14. The minimum absolute atomic E-state index is 0.581. The van der Waals surface area contributed by atoms with Gasteiger partial charge in [0, 0.05) is 19.0 Å². The fourth-order valence-electron chi connectivity index (χ4n) is 3.60. The number of rotatable bonds is 3. The Hall–Kier alpha value is -1.35. The van der Waals surface area contributed by atoms with Crippen molar-refractivity contribution in [1.29, 1.82) is 0 Å². The molecule has 3 nitrogen and oxygen atoms in total. The van der Waals surface area contributed by atoms with Gasteiger partial charge in [-0.1, -0.05) is 37.1 Å². The summed E-state index contributed by atoms with van der Waals surface area (Å²) in [6.07, 6.45) is 3.64. The fraction of sp³-hybridized carbons (Fsp3) is 0.562. The zero-order chi connectivity index (χ0) is 13.5. The van der Waals surface area contributed by atoms with Gasteiger partial charge < -0.3 is 10.0 Å². The lowest BCUT2D eigenvalue weighted by atomic mass is 9.77. The molecule has 19 heavy (non-hydrogen) atoms. The van der Waals surface area contributed by atoms with Gasteiger partial charge in [-0.25, -0.2) is 0 Å². The molecule has 1 aliphatic heterocycles. The fourth-order valence-corrected chi connectivity index (χ4v) is 3.60. The lowest BCUT2D eigenvalue weighted by Gasteiger charge is -2.37. The molecular formula is C16H21NO2. The number of likely N-dealkylation sites (N-methyl/N-ethyl adjacent to an activating group) is 1. The standard InChI is InChI=1S/C16H21NO2/c1-17-10-13(11-17)12-5-4-6-14(9-12)16(15(18)19)7-2-3-8-16/h4-6,9,13H,2-3,7-8,10-11H2,1H3,(H,18,19). The normalized spacial score (nSPS) is 23.2. The molecule has 1 heterocycles. The van der Waals surface area contributed by atoms with Crippen LogP contribution < -0.4 is 0 Å². The lowest BCUT2D eigenvalue weighted by Crippen LogP contribution is -2.42. The first-order valence-electron chi connectivity index (χ1n) is 7.14. The van der Waals surface area contributed by atoms with Crippen molar-refractivity contribution in [3.05, 3.63) is 35.4 Å². The summed E-state index contributed by atoms with van der Waals surface area (Å²) in [6.45, 7) is 2.17. The molecule has 2 aliphatic rings. The van der Waals surface area contributed by atoms with E-state index in [9.17, 15) is 9.90 Å². The molecule has 0 aromatic heterocycles. The number of aliphatic carboxylic acids is 1. The van der Waals surface area contributed by atoms with Crippen LogP contribution >= 0.6 is 0 Å². The molecular weight excluding hydrogens is 238 g/mol. The third kappa shape index (κ3) is 2.06. The van der Waals surface area contributed by atoms with Gasteiger partial charge in [-0.2, -0.15) is 0 Å². The van der Waals surface area contributed by atoms with Crippen molar-refractivity contribution >= 4 is 5.97 Å². The van der Waals surface area contributed by atoms with E-state index in [-0.39, 0.29) is 0 Å². The van der Waals surface area contributed by atoms with E-state index in [1.807, 2.05) is 12.1 Å². The Kier molecular flexibility index (Phi) is 3.09. The van der Waals surface area contributed by atoms with Gasteiger partial charge in [0.25, 0.3) is 0 Å². The van der Waals surface area contributed by atoms with Gasteiger partial charge in [-0.05, 0) is 31.0 Å². The molecule has 3 heteroatoms. The van der Waals surface area contributed by atoms with Crippen molar-refractivity contribution in [2.24, 2.45) is 0 Å². The summed E-state index contributed by atoms with van der Waals surface area (Å²) in [5.41, 5.74) is 1.71. The Balaban J connectivity index is 1.92. The molecule has 1 saturated carbocycles. The number of nitrogens with zero attached hydrogens (tertiary/aromatic N) is 1. The molecule has 0 radical (unpaired) electrons. The number of carboxylic acid groups (broad SMARTS) is 1. The quantitative estimate of drug-likeness (QED) is 0.907. The van der Waals surface area contributed by atoms with E-state index in [0.717, 1.165) is 44.3 Å². The Bertz CT molecular complexity index is 485. The van der Waals surface area contributed by atoms with Gasteiger partial charge >= 0.3 is 5.97 Å². The van der Waals surface area contributed by atoms with Gasteiger partial charge in [-0.15, -0.1) is 0 Å². The highest BCUT2D eigenvalue weighted by Crippen LogP contribution is 2.42. The predicted octanol–water partition coefficient (Wildman–Crippen LogP) is 2.61.